The lowest BCUT2D eigenvalue weighted by Crippen LogP contribution is -2.49. The Morgan fingerprint density at radius 1 is 0.939 bits per heavy atom. The molecule has 1 amide bonds. The zero-order valence-electron chi connectivity index (χ0n) is 18.9. The molecule has 1 aliphatic rings. The molecule has 2 aromatic carbocycles. The maximum Gasteiger partial charge on any atom is 0.253 e. The van der Waals surface area contributed by atoms with Gasteiger partial charge in [-0.1, -0.05) is 11.3 Å². The molecule has 1 fully saturated rings. The van der Waals surface area contributed by atoms with E-state index in [1.165, 1.54) is 11.9 Å². The van der Waals surface area contributed by atoms with E-state index in [-0.39, 0.29) is 5.91 Å². The van der Waals surface area contributed by atoms with Gasteiger partial charge in [-0.2, -0.15) is 4.68 Å². The van der Waals surface area contributed by atoms with Crippen LogP contribution in [0.1, 0.15) is 21.5 Å². The molecule has 4 aromatic rings. The van der Waals surface area contributed by atoms with Gasteiger partial charge in [0, 0.05) is 31.7 Å². The van der Waals surface area contributed by atoms with E-state index in [4.69, 9.17) is 4.74 Å². The van der Waals surface area contributed by atoms with Crippen LogP contribution in [0, 0.1) is 13.8 Å². The molecule has 1 aliphatic heterocycles. The third-order valence-corrected chi connectivity index (χ3v) is 6.16. The second kappa shape index (κ2) is 8.50. The zero-order chi connectivity index (χ0) is 22.9. The zero-order valence-corrected chi connectivity index (χ0v) is 18.9. The molecule has 0 radical (unpaired) electrons. The SMILES string of the molecule is COc1ccc(-n2nnc3c(N4CCN(C(=O)c5ccc(C)c(C)c5)CC4)ncnc32)cc1. The van der Waals surface area contributed by atoms with Gasteiger partial charge < -0.3 is 14.5 Å². The number of rotatable bonds is 4. The predicted molar refractivity (Wildman–Crippen MR) is 125 cm³/mol. The van der Waals surface area contributed by atoms with E-state index < -0.39 is 0 Å². The molecule has 2 aromatic heterocycles. The second-order valence-electron chi connectivity index (χ2n) is 8.15. The molecule has 0 spiro atoms. The van der Waals surface area contributed by atoms with Gasteiger partial charge in [-0.05, 0) is 61.4 Å². The Kier molecular flexibility index (Phi) is 5.37. The summed E-state index contributed by atoms with van der Waals surface area (Å²) in [6, 6.07) is 13.4. The summed E-state index contributed by atoms with van der Waals surface area (Å²) in [7, 11) is 1.63. The fourth-order valence-electron chi connectivity index (χ4n) is 4.04. The van der Waals surface area contributed by atoms with E-state index >= 15 is 0 Å². The number of benzene rings is 2. The maximum absolute atomic E-state index is 13.0. The summed E-state index contributed by atoms with van der Waals surface area (Å²) in [5.74, 6) is 1.57. The highest BCUT2D eigenvalue weighted by Gasteiger charge is 2.25. The lowest BCUT2D eigenvalue weighted by atomic mass is 10.1. The van der Waals surface area contributed by atoms with Crippen LogP contribution in [0.3, 0.4) is 0 Å². The highest BCUT2D eigenvalue weighted by atomic mass is 16.5. The third-order valence-electron chi connectivity index (χ3n) is 6.16. The minimum Gasteiger partial charge on any atom is -0.497 e. The van der Waals surface area contributed by atoms with Gasteiger partial charge in [-0.3, -0.25) is 4.79 Å². The number of piperazine rings is 1. The average Bonchev–Trinajstić information content (AvgIpc) is 3.30. The highest BCUT2D eigenvalue weighted by molar-refractivity contribution is 5.94. The van der Waals surface area contributed by atoms with Crippen LogP contribution < -0.4 is 9.64 Å². The summed E-state index contributed by atoms with van der Waals surface area (Å²) in [4.78, 5) is 25.9. The molecule has 0 unspecified atom stereocenters. The predicted octanol–water partition coefficient (Wildman–Crippen LogP) is 2.80. The molecule has 3 heterocycles. The second-order valence-corrected chi connectivity index (χ2v) is 8.15. The number of methoxy groups -OCH3 is 1. The van der Waals surface area contributed by atoms with Crippen molar-refractivity contribution in [3.8, 4) is 11.4 Å². The van der Waals surface area contributed by atoms with Crippen LogP contribution in [0.4, 0.5) is 5.82 Å². The van der Waals surface area contributed by atoms with Crippen molar-refractivity contribution in [1.82, 2.24) is 29.9 Å². The minimum absolute atomic E-state index is 0.0658. The van der Waals surface area contributed by atoms with E-state index in [0.29, 0.717) is 37.3 Å². The Labute approximate surface area is 191 Å². The van der Waals surface area contributed by atoms with Crippen molar-refractivity contribution in [2.75, 3.05) is 38.2 Å². The molecule has 9 nitrogen and oxygen atoms in total. The van der Waals surface area contributed by atoms with Crippen molar-refractivity contribution >= 4 is 22.9 Å². The Hall–Kier alpha value is -4.01. The van der Waals surface area contributed by atoms with Crippen LogP contribution in [0.15, 0.2) is 48.8 Å². The minimum atomic E-state index is 0.0658. The standard InChI is InChI=1S/C24H25N7O2/c1-16-4-5-18(14-17(16)2)24(32)30-12-10-29(11-13-30)22-21-23(26-15-25-22)31(28-27-21)19-6-8-20(33-3)9-7-19/h4-9,14-15H,10-13H2,1-3H3. The number of hydrogen-bond donors (Lipinski definition) is 0. The first-order valence-corrected chi connectivity index (χ1v) is 10.9. The largest absolute Gasteiger partial charge is 0.497 e. The Bertz CT molecular complexity index is 1310. The van der Waals surface area contributed by atoms with E-state index in [1.54, 1.807) is 11.8 Å². The number of ether oxygens (including phenoxy) is 1. The van der Waals surface area contributed by atoms with E-state index in [0.717, 1.165) is 28.4 Å². The van der Waals surface area contributed by atoms with E-state index in [2.05, 4.69) is 32.1 Å². The first kappa shape index (κ1) is 20.9. The maximum atomic E-state index is 13.0. The van der Waals surface area contributed by atoms with Gasteiger partial charge in [-0.25, -0.2) is 9.97 Å². The topological polar surface area (TPSA) is 89.3 Å². The summed E-state index contributed by atoms with van der Waals surface area (Å²) in [6.45, 7) is 6.64. The molecule has 0 N–H and O–H groups in total. The molecule has 9 heteroatoms. The Balaban J connectivity index is 1.35. The number of anilines is 1. The summed E-state index contributed by atoms with van der Waals surface area (Å²) in [5, 5.41) is 8.67. The van der Waals surface area contributed by atoms with Crippen molar-refractivity contribution in [3.05, 3.63) is 65.5 Å². The molecule has 0 saturated carbocycles. The van der Waals surface area contributed by atoms with Gasteiger partial charge in [0.05, 0.1) is 12.8 Å². The van der Waals surface area contributed by atoms with Crippen molar-refractivity contribution < 1.29 is 9.53 Å². The Morgan fingerprint density at radius 2 is 1.70 bits per heavy atom. The molecule has 0 aliphatic carbocycles. The molecular weight excluding hydrogens is 418 g/mol. The quantitative estimate of drug-likeness (QED) is 0.479. The average molecular weight is 444 g/mol. The molecule has 168 valence electrons. The van der Waals surface area contributed by atoms with Crippen LogP contribution >= 0.6 is 0 Å². The summed E-state index contributed by atoms with van der Waals surface area (Å²) in [6.07, 6.45) is 1.54. The first-order valence-electron chi connectivity index (χ1n) is 10.9. The van der Waals surface area contributed by atoms with Crippen LogP contribution in [-0.2, 0) is 0 Å². The van der Waals surface area contributed by atoms with Gasteiger partial charge in [0.15, 0.2) is 17.0 Å². The lowest BCUT2D eigenvalue weighted by molar-refractivity contribution is 0.0746. The molecule has 0 atom stereocenters. The van der Waals surface area contributed by atoms with E-state index in [9.17, 15) is 4.79 Å². The van der Waals surface area contributed by atoms with Gasteiger partial charge in [0.25, 0.3) is 5.91 Å². The van der Waals surface area contributed by atoms with Gasteiger partial charge in [0.1, 0.15) is 12.1 Å². The third kappa shape index (κ3) is 3.86. The smallest absolute Gasteiger partial charge is 0.253 e. The summed E-state index contributed by atoms with van der Waals surface area (Å²) >= 11 is 0. The molecule has 33 heavy (non-hydrogen) atoms. The van der Waals surface area contributed by atoms with Crippen molar-refractivity contribution in [3.63, 3.8) is 0 Å². The number of amides is 1. The van der Waals surface area contributed by atoms with Gasteiger partial charge >= 0.3 is 0 Å². The number of aryl methyl sites for hydroxylation is 2. The number of carbonyl (C=O) groups excluding carboxylic acids is 1. The Morgan fingerprint density at radius 3 is 2.39 bits per heavy atom. The highest BCUT2D eigenvalue weighted by Crippen LogP contribution is 2.25. The van der Waals surface area contributed by atoms with Crippen molar-refractivity contribution in [2.45, 2.75) is 13.8 Å². The monoisotopic (exact) mass is 443 g/mol. The van der Waals surface area contributed by atoms with Crippen molar-refractivity contribution in [1.29, 1.82) is 0 Å². The number of carbonyl (C=O) groups is 1. The molecular formula is C24H25N7O2. The van der Waals surface area contributed by atoms with Crippen molar-refractivity contribution in [2.24, 2.45) is 0 Å². The van der Waals surface area contributed by atoms with Crippen LogP contribution in [0.2, 0.25) is 0 Å². The number of aromatic nitrogens is 5. The number of hydrogen-bond acceptors (Lipinski definition) is 7. The summed E-state index contributed by atoms with van der Waals surface area (Å²) < 4.78 is 6.93. The van der Waals surface area contributed by atoms with Gasteiger partial charge in [0.2, 0.25) is 0 Å². The molecule has 1 saturated heterocycles. The van der Waals surface area contributed by atoms with Crippen LogP contribution in [-0.4, -0.2) is 69.1 Å². The van der Waals surface area contributed by atoms with Crippen LogP contribution in [0.25, 0.3) is 16.9 Å². The molecule has 5 rings (SSSR count). The normalized spacial score (nSPS) is 14.0. The number of nitrogens with zero attached hydrogens (tertiary/aromatic N) is 7. The van der Waals surface area contributed by atoms with Crippen LogP contribution in [0.5, 0.6) is 5.75 Å². The molecule has 0 bridgehead atoms. The number of fused-ring (bicyclic) bond motifs is 1. The first-order chi connectivity index (χ1) is 16.0. The fraction of sp³-hybridized carbons (Fsp3) is 0.292. The van der Waals surface area contributed by atoms with E-state index in [1.807, 2.05) is 54.3 Å². The lowest BCUT2D eigenvalue weighted by Gasteiger charge is -2.35. The fourth-order valence-corrected chi connectivity index (χ4v) is 4.04. The van der Waals surface area contributed by atoms with Gasteiger partial charge in [-0.15, -0.1) is 5.10 Å². The summed E-state index contributed by atoms with van der Waals surface area (Å²) in [5.41, 5.74) is 5.17.